The van der Waals surface area contributed by atoms with Gasteiger partial charge in [-0.1, -0.05) is 29.8 Å². The Morgan fingerprint density at radius 3 is 2.85 bits per heavy atom. The molecule has 0 fully saturated rings. The first-order chi connectivity index (χ1) is 9.72. The molecule has 3 nitrogen and oxygen atoms in total. The predicted molar refractivity (Wildman–Crippen MR) is 83.8 cm³/mol. The number of fused-ring (bicyclic) bond motifs is 3. The van der Waals surface area contributed by atoms with Gasteiger partial charge in [-0.15, -0.1) is 0 Å². The SMILES string of the molecule is CCNC1CCC(C)c2c(Br)cc3c(c21)OCCCO3. The summed E-state index contributed by atoms with van der Waals surface area (Å²) in [5, 5.41) is 3.60. The third-order valence-electron chi connectivity index (χ3n) is 4.25. The van der Waals surface area contributed by atoms with Crippen LogP contribution in [0.25, 0.3) is 0 Å². The monoisotopic (exact) mass is 339 g/mol. The first kappa shape index (κ1) is 14.2. The highest BCUT2D eigenvalue weighted by Gasteiger charge is 2.32. The van der Waals surface area contributed by atoms with Gasteiger partial charge in [0.15, 0.2) is 11.5 Å². The molecule has 1 N–H and O–H groups in total. The molecule has 0 amide bonds. The molecule has 20 heavy (non-hydrogen) atoms. The van der Waals surface area contributed by atoms with Crippen molar-refractivity contribution < 1.29 is 9.47 Å². The molecule has 110 valence electrons. The van der Waals surface area contributed by atoms with Crippen LogP contribution in [-0.2, 0) is 0 Å². The third-order valence-corrected chi connectivity index (χ3v) is 4.90. The topological polar surface area (TPSA) is 30.5 Å². The summed E-state index contributed by atoms with van der Waals surface area (Å²) >= 11 is 3.74. The number of halogens is 1. The molecule has 3 rings (SSSR count). The minimum absolute atomic E-state index is 0.374. The van der Waals surface area contributed by atoms with Gasteiger partial charge in [0, 0.05) is 22.5 Å². The van der Waals surface area contributed by atoms with E-state index in [1.165, 1.54) is 17.5 Å². The van der Waals surface area contributed by atoms with Crippen LogP contribution in [0.15, 0.2) is 10.5 Å². The van der Waals surface area contributed by atoms with Crippen molar-refractivity contribution in [1.29, 1.82) is 0 Å². The Kier molecular flexibility index (Phi) is 4.22. The number of benzene rings is 1. The molecule has 2 unspecified atom stereocenters. The lowest BCUT2D eigenvalue weighted by molar-refractivity contribution is 0.293. The fourth-order valence-corrected chi connectivity index (χ4v) is 4.13. The zero-order chi connectivity index (χ0) is 14.1. The van der Waals surface area contributed by atoms with Crippen LogP contribution in [0, 0.1) is 0 Å². The van der Waals surface area contributed by atoms with Gasteiger partial charge in [0.05, 0.1) is 13.2 Å². The Bertz CT molecular complexity index is 504. The van der Waals surface area contributed by atoms with Gasteiger partial charge in [-0.05, 0) is 36.9 Å². The summed E-state index contributed by atoms with van der Waals surface area (Å²) in [6.45, 7) is 6.91. The van der Waals surface area contributed by atoms with Gasteiger partial charge in [0.1, 0.15) is 0 Å². The van der Waals surface area contributed by atoms with Crippen LogP contribution in [0.2, 0.25) is 0 Å². The fourth-order valence-electron chi connectivity index (χ4n) is 3.32. The van der Waals surface area contributed by atoms with E-state index in [-0.39, 0.29) is 0 Å². The number of nitrogens with one attached hydrogen (secondary N) is 1. The maximum Gasteiger partial charge on any atom is 0.166 e. The molecule has 4 heteroatoms. The summed E-state index contributed by atoms with van der Waals surface area (Å²) < 4.78 is 13.1. The van der Waals surface area contributed by atoms with Gasteiger partial charge in [0.2, 0.25) is 0 Å². The van der Waals surface area contributed by atoms with Crippen molar-refractivity contribution in [3.8, 4) is 11.5 Å². The molecule has 2 atom stereocenters. The molecule has 1 aliphatic carbocycles. The highest BCUT2D eigenvalue weighted by Crippen LogP contribution is 2.50. The largest absolute Gasteiger partial charge is 0.490 e. The highest BCUT2D eigenvalue weighted by molar-refractivity contribution is 9.10. The molecule has 1 heterocycles. The standard InChI is InChI=1S/C16H22BrNO2/c1-3-18-12-6-5-10(2)14-11(17)9-13-16(15(12)14)20-8-4-7-19-13/h9-10,12,18H,3-8H2,1-2H3. The second-order valence-electron chi connectivity index (χ2n) is 5.65. The molecule has 1 aliphatic heterocycles. The van der Waals surface area contributed by atoms with Gasteiger partial charge in [-0.25, -0.2) is 0 Å². The van der Waals surface area contributed by atoms with Crippen LogP contribution in [0.4, 0.5) is 0 Å². The second-order valence-corrected chi connectivity index (χ2v) is 6.51. The summed E-state index contributed by atoms with van der Waals surface area (Å²) in [5.74, 6) is 2.43. The van der Waals surface area contributed by atoms with Crippen LogP contribution < -0.4 is 14.8 Å². The molecule has 0 saturated heterocycles. The van der Waals surface area contributed by atoms with Gasteiger partial charge in [-0.2, -0.15) is 0 Å². The molecule has 0 saturated carbocycles. The summed E-state index contributed by atoms with van der Waals surface area (Å²) in [5.41, 5.74) is 2.71. The number of hydrogen-bond acceptors (Lipinski definition) is 3. The maximum absolute atomic E-state index is 6.04. The molecule has 0 bridgehead atoms. The van der Waals surface area contributed by atoms with E-state index in [9.17, 15) is 0 Å². The second kappa shape index (κ2) is 5.94. The van der Waals surface area contributed by atoms with Crippen molar-refractivity contribution in [2.24, 2.45) is 0 Å². The Morgan fingerprint density at radius 1 is 1.25 bits per heavy atom. The zero-order valence-corrected chi connectivity index (χ0v) is 13.8. The fraction of sp³-hybridized carbons (Fsp3) is 0.625. The Hall–Kier alpha value is -0.740. The predicted octanol–water partition coefficient (Wildman–Crippen LogP) is 4.16. The lowest BCUT2D eigenvalue weighted by Crippen LogP contribution is -2.27. The molecule has 0 aromatic heterocycles. The number of hydrogen-bond donors (Lipinski definition) is 1. The molecule has 1 aromatic carbocycles. The first-order valence-electron chi connectivity index (χ1n) is 7.57. The normalized spacial score (nSPS) is 24.9. The first-order valence-corrected chi connectivity index (χ1v) is 8.37. The molecular formula is C16H22BrNO2. The third kappa shape index (κ3) is 2.44. The quantitative estimate of drug-likeness (QED) is 0.877. The maximum atomic E-state index is 6.04. The molecule has 1 aromatic rings. The van der Waals surface area contributed by atoms with Crippen LogP contribution in [-0.4, -0.2) is 19.8 Å². The van der Waals surface area contributed by atoms with E-state index in [2.05, 4.69) is 41.2 Å². The number of rotatable bonds is 2. The van der Waals surface area contributed by atoms with E-state index in [1.54, 1.807) is 0 Å². The van der Waals surface area contributed by atoms with Crippen molar-refractivity contribution in [2.45, 2.75) is 45.1 Å². The average molecular weight is 340 g/mol. The summed E-state index contributed by atoms with van der Waals surface area (Å²) in [7, 11) is 0. The Labute approximate surface area is 129 Å². The van der Waals surface area contributed by atoms with E-state index in [4.69, 9.17) is 9.47 Å². The molecule has 0 spiro atoms. The highest BCUT2D eigenvalue weighted by atomic mass is 79.9. The number of ether oxygens (including phenoxy) is 2. The van der Waals surface area contributed by atoms with E-state index in [0.29, 0.717) is 12.0 Å². The van der Waals surface area contributed by atoms with E-state index in [1.807, 2.05) is 0 Å². The molecule has 0 radical (unpaired) electrons. The molecule has 2 aliphatic rings. The van der Waals surface area contributed by atoms with Crippen molar-refractivity contribution in [3.05, 3.63) is 21.7 Å². The van der Waals surface area contributed by atoms with Crippen molar-refractivity contribution in [3.63, 3.8) is 0 Å². The smallest absolute Gasteiger partial charge is 0.166 e. The lowest BCUT2D eigenvalue weighted by atomic mass is 9.80. The van der Waals surface area contributed by atoms with Gasteiger partial charge in [0.25, 0.3) is 0 Å². The van der Waals surface area contributed by atoms with Crippen LogP contribution in [0.3, 0.4) is 0 Å². The van der Waals surface area contributed by atoms with Crippen molar-refractivity contribution in [2.75, 3.05) is 19.8 Å². The summed E-state index contributed by atoms with van der Waals surface area (Å²) in [4.78, 5) is 0. The molecular weight excluding hydrogens is 318 g/mol. The zero-order valence-electron chi connectivity index (χ0n) is 12.2. The minimum Gasteiger partial charge on any atom is -0.490 e. The van der Waals surface area contributed by atoms with Crippen LogP contribution in [0.1, 0.15) is 56.2 Å². The summed E-state index contributed by atoms with van der Waals surface area (Å²) in [6, 6.07) is 2.46. The summed E-state index contributed by atoms with van der Waals surface area (Å²) in [6.07, 6.45) is 3.32. The van der Waals surface area contributed by atoms with E-state index in [0.717, 1.165) is 48.6 Å². The van der Waals surface area contributed by atoms with Crippen molar-refractivity contribution >= 4 is 15.9 Å². The van der Waals surface area contributed by atoms with Crippen LogP contribution in [0.5, 0.6) is 11.5 Å². The van der Waals surface area contributed by atoms with Gasteiger partial charge in [-0.3, -0.25) is 0 Å². The van der Waals surface area contributed by atoms with E-state index >= 15 is 0 Å². The Balaban J connectivity index is 2.15. The van der Waals surface area contributed by atoms with Crippen molar-refractivity contribution in [1.82, 2.24) is 5.32 Å². The Morgan fingerprint density at radius 2 is 2.05 bits per heavy atom. The average Bonchev–Trinajstić information content (AvgIpc) is 2.66. The van der Waals surface area contributed by atoms with Gasteiger partial charge < -0.3 is 14.8 Å². The van der Waals surface area contributed by atoms with E-state index < -0.39 is 0 Å². The minimum atomic E-state index is 0.374. The van der Waals surface area contributed by atoms with Gasteiger partial charge >= 0.3 is 0 Å². The van der Waals surface area contributed by atoms with Crippen LogP contribution >= 0.6 is 15.9 Å². The lowest BCUT2D eigenvalue weighted by Gasteiger charge is -2.33.